The molecule has 3 heteroatoms. The molecule has 0 N–H and O–H groups in total. The Morgan fingerprint density at radius 1 is 1.26 bits per heavy atom. The number of hydrogen-bond acceptors (Lipinski definition) is 3. The van der Waals surface area contributed by atoms with Crippen LogP contribution >= 0.6 is 0 Å². The fraction of sp³-hybridized carbons (Fsp3) is 0.562. The van der Waals surface area contributed by atoms with Crippen LogP contribution in [0.5, 0.6) is 0 Å². The van der Waals surface area contributed by atoms with Crippen LogP contribution in [0.4, 0.5) is 0 Å². The normalized spacial score (nSPS) is 17.3. The van der Waals surface area contributed by atoms with E-state index in [9.17, 15) is 4.79 Å². The summed E-state index contributed by atoms with van der Waals surface area (Å²) in [4.78, 5) is 13.1. The van der Waals surface area contributed by atoms with Crippen molar-refractivity contribution in [3.05, 3.63) is 35.9 Å². The van der Waals surface area contributed by atoms with E-state index in [1.165, 1.54) is 31.7 Å². The molecule has 0 radical (unpaired) electrons. The van der Waals surface area contributed by atoms with Gasteiger partial charge in [-0.3, -0.25) is 9.69 Å². The second-order valence-corrected chi connectivity index (χ2v) is 5.31. The molecule has 0 unspecified atom stereocenters. The van der Waals surface area contributed by atoms with Crippen molar-refractivity contribution >= 4 is 5.97 Å². The summed E-state index contributed by atoms with van der Waals surface area (Å²) in [6, 6.07) is 10.7. The molecule has 2 rings (SSSR count). The zero-order valence-corrected chi connectivity index (χ0v) is 11.7. The lowest BCUT2D eigenvalue weighted by Crippen LogP contribution is -2.36. The van der Waals surface area contributed by atoms with E-state index in [1.807, 2.05) is 0 Å². The average molecular weight is 261 g/mol. The average Bonchev–Trinajstić information content (AvgIpc) is 2.42. The van der Waals surface area contributed by atoms with Crippen molar-refractivity contribution in [2.24, 2.45) is 5.92 Å². The summed E-state index contributed by atoms with van der Waals surface area (Å²) < 4.78 is 4.99. The molecule has 0 aromatic heterocycles. The Morgan fingerprint density at radius 3 is 2.58 bits per heavy atom. The topological polar surface area (TPSA) is 29.5 Å². The summed E-state index contributed by atoms with van der Waals surface area (Å²) >= 11 is 0. The van der Waals surface area contributed by atoms with E-state index in [-0.39, 0.29) is 5.97 Å². The largest absolute Gasteiger partial charge is 0.465 e. The van der Waals surface area contributed by atoms with Crippen molar-refractivity contribution in [3.63, 3.8) is 0 Å². The van der Waals surface area contributed by atoms with Crippen LogP contribution in [0, 0.1) is 5.92 Å². The van der Waals surface area contributed by atoms with Crippen LogP contribution in [0.1, 0.15) is 25.3 Å². The van der Waals surface area contributed by atoms with Crippen LogP contribution in [-0.2, 0) is 16.0 Å². The summed E-state index contributed by atoms with van der Waals surface area (Å²) in [5.41, 5.74) is 1.45. The highest BCUT2D eigenvalue weighted by atomic mass is 16.5. The zero-order valence-electron chi connectivity index (χ0n) is 11.7. The number of carbonyl (C=O) groups excluding carboxylic acids is 1. The molecular formula is C16H23NO2. The third-order valence-corrected chi connectivity index (χ3v) is 3.79. The summed E-state index contributed by atoms with van der Waals surface area (Å²) in [7, 11) is 0. The SMILES string of the molecule is CC(=O)OCCN1CCC(Cc2ccccc2)CC1. The molecule has 0 spiro atoms. The molecule has 0 atom stereocenters. The van der Waals surface area contributed by atoms with Crippen LogP contribution in [0.15, 0.2) is 30.3 Å². The van der Waals surface area contributed by atoms with Gasteiger partial charge in [0, 0.05) is 13.5 Å². The first-order valence-corrected chi connectivity index (χ1v) is 7.13. The number of esters is 1. The van der Waals surface area contributed by atoms with E-state index >= 15 is 0 Å². The molecule has 1 heterocycles. The smallest absolute Gasteiger partial charge is 0.302 e. The maximum Gasteiger partial charge on any atom is 0.302 e. The van der Waals surface area contributed by atoms with Crippen molar-refractivity contribution in [2.75, 3.05) is 26.2 Å². The van der Waals surface area contributed by atoms with Crippen molar-refractivity contribution in [1.82, 2.24) is 4.90 Å². The van der Waals surface area contributed by atoms with Gasteiger partial charge >= 0.3 is 5.97 Å². The van der Waals surface area contributed by atoms with Crippen molar-refractivity contribution < 1.29 is 9.53 Å². The number of hydrogen-bond donors (Lipinski definition) is 0. The van der Waals surface area contributed by atoms with E-state index < -0.39 is 0 Å². The van der Waals surface area contributed by atoms with Crippen LogP contribution in [0.2, 0.25) is 0 Å². The number of rotatable bonds is 5. The van der Waals surface area contributed by atoms with Gasteiger partial charge in [0.05, 0.1) is 0 Å². The van der Waals surface area contributed by atoms with Gasteiger partial charge in [0.15, 0.2) is 0 Å². The Morgan fingerprint density at radius 2 is 1.95 bits per heavy atom. The lowest BCUT2D eigenvalue weighted by Gasteiger charge is -2.31. The Hall–Kier alpha value is -1.35. The number of ether oxygens (including phenoxy) is 1. The number of carbonyl (C=O) groups is 1. The van der Waals surface area contributed by atoms with Gasteiger partial charge in [-0.15, -0.1) is 0 Å². The highest BCUT2D eigenvalue weighted by Crippen LogP contribution is 2.21. The first-order valence-electron chi connectivity index (χ1n) is 7.13. The summed E-state index contributed by atoms with van der Waals surface area (Å²) in [5.74, 6) is 0.617. The monoisotopic (exact) mass is 261 g/mol. The third-order valence-electron chi connectivity index (χ3n) is 3.79. The Bertz CT molecular complexity index is 383. The molecule has 19 heavy (non-hydrogen) atoms. The highest BCUT2D eigenvalue weighted by Gasteiger charge is 2.19. The van der Waals surface area contributed by atoms with Gasteiger partial charge in [-0.05, 0) is 43.8 Å². The van der Waals surface area contributed by atoms with E-state index in [0.29, 0.717) is 6.61 Å². The number of piperidine rings is 1. The van der Waals surface area contributed by atoms with E-state index in [4.69, 9.17) is 4.74 Å². The second-order valence-electron chi connectivity index (χ2n) is 5.31. The van der Waals surface area contributed by atoms with Crippen LogP contribution < -0.4 is 0 Å². The van der Waals surface area contributed by atoms with Crippen LogP contribution in [-0.4, -0.2) is 37.1 Å². The summed E-state index contributed by atoms with van der Waals surface area (Å²) in [6.45, 7) is 5.11. The fourth-order valence-electron chi connectivity index (χ4n) is 2.68. The second kappa shape index (κ2) is 7.29. The molecule has 0 bridgehead atoms. The Kier molecular flexibility index (Phi) is 5.40. The molecule has 1 saturated heterocycles. The van der Waals surface area contributed by atoms with Gasteiger partial charge in [0.2, 0.25) is 0 Å². The van der Waals surface area contributed by atoms with Crippen molar-refractivity contribution in [1.29, 1.82) is 0 Å². The van der Waals surface area contributed by atoms with E-state index in [0.717, 1.165) is 25.6 Å². The molecule has 1 aliphatic rings. The van der Waals surface area contributed by atoms with Gasteiger partial charge in [-0.25, -0.2) is 0 Å². The highest BCUT2D eigenvalue weighted by molar-refractivity contribution is 5.65. The molecule has 1 aliphatic heterocycles. The van der Waals surface area contributed by atoms with Gasteiger partial charge in [-0.1, -0.05) is 30.3 Å². The van der Waals surface area contributed by atoms with Gasteiger partial charge in [0.1, 0.15) is 6.61 Å². The number of benzene rings is 1. The lowest BCUT2D eigenvalue weighted by atomic mass is 9.90. The lowest BCUT2D eigenvalue weighted by molar-refractivity contribution is -0.141. The van der Waals surface area contributed by atoms with Gasteiger partial charge < -0.3 is 4.74 Å². The Labute approximate surface area is 115 Å². The predicted octanol–water partition coefficient (Wildman–Crippen LogP) is 2.50. The maximum atomic E-state index is 10.7. The number of nitrogens with zero attached hydrogens (tertiary/aromatic N) is 1. The minimum absolute atomic E-state index is 0.182. The van der Waals surface area contributed by atoms with Crippen molar-refractivity contribution in [3.8, 4) is 0 Å². The molecule has 3 nitrogen and oxygen atoms in total. The molecular weight excluding hydrogens is 238 g/mol. The predicted molar refractivity (Wildman–Crippen MR) is 75.9 cm³/mol. The van der Waals surface area contributed by atoms with Crippen LogP contribution in [0.25, 0.3) is 0 Å². The summed E-state index contributed by atoms with van der Waals surface area (Å²) in [6.07, 6.45) is 3.68. The first-order chi connectivity index (χ1) is 9.24. The molecule has 0 aliphatic carbocycles. The molecule has 104 valence electrons. The molecule has 0 amide bonds. The summed E-state index contributed by atoms with van der Waals surface area (Å²) in [5, 5.41) is 0. The number of likely N-dealkylation sites (tertiary alicyclic amines) is 1. The molecule has 0 saturated carbocycles. The molecule has 1 aromatic carbocycles. The zero-order chi connectivity index (χ0) is 13.5. The maximum absolute atomic E-state index is 10.7. The quantitative estimate of drug-likeness (QED) is 0.763. The minimum atomic E-state index is -0.182. The van der Waals surface area contributed by atoms with E-state index in [1.54, 1.807) is 0 Å². The van der Waals surface area contributed by atoms with Gasteiger partial charge in [-0.2, -0.15) is 0 Å². The Balaban J connectivity index is 1.66. The molecule has 1 aromatic rings. The minimum Gasteiger partial charge on any atom is -0.465 e. The van der Waals surface area contributed by atoms with Gasteiger partial charge in [0.25, 0.3) is 0 Å². The van der Waals surface area contributed by atoms with Crippen molar-refractivity contribution in [2.45, 2.75) is 26.2 Å². The standard InChI is InChI=1S/C16H23NO2/c1-14(18)19-12-11-17-9-7-16(8-10-17)13-15-5-3-2-4-6-15/h2-6,16H,7-13H2,1H3. The first kappa shape index (κ1) is 14.1. The fourth-order valence-corrected chi connectivity index (χ4v) is 2.68. The molecule has 1 fully saturated rings. The third kappa shape index (κ3) is 5.03. The van der Waals surface area contributed by atoms with Crippen LogP contribution in [0.3, 0.4) is 0 Å². The van der Waals surface area contributed by atoms with E-state index in [2.05, 4.69) is 35.2 Å².